The third kappa shape index (κ3) is 6.36. The number of rotatable bonds is 10. The Kier molecular flexibility index (Phi) is 9.18. The molecular formula is C25H32N2O5. The molecule has 0 bridgehead atoms. The zero-order valence-corrected chi connectivity index (χ0v) is 18.2. The Morgan fingerprint density at radius 1 is 0.906 bits per heavy atom. The monoisotopic (exact) mass is 440 g/mol. The summed E-state index contributed by atoms with van der Waals surface area (Å²) in [5.74, 6) is 0. The van der Waals surface area contributed by atoms with Crippen LogP contribution in [0.3, 0.4) is 0 Å². The second-order valence-electron chi connectivity index (χ2n) is 8.29. The molecule has 172 valence electrons. The first-order valence-corrected chi connectivity index (χ1v) is 11.1. The van der Waals surface area contributed by atoms with E-state index < -0.39 is 24.4 Å². The largest absolute Gasteiger partial charge is 0.395 e. The van der Waals surface area contributed by atoms with Crippen LogP contribution in [0.25, 0.3) is 11.1 Å². The first-order chi connectivity index (χ1) is 15.5. The molecule has 0 saturated carbocycles. The van der Waals surface area contributed by atoms with E-state index >= 15 is 0 Å². The number of hydrogen-bond acceptors (Lipinski definition) is 7. The fourth-order valence-corrected chi connectivity index (χ4v) is 4.05. The van der Waals surface area contributed by atoms with Gasteiger partial charge in [-0.05, 0) is 54.6 Å². The van der Waals surface area contributed by atoms with Gasteiger partial charge in [-0.2, -0.15) is 5.26 Å². The van der Waals surface area contributed by atoms with Crippen molar-refractivity contribution in [1.29, 1.82) is 5.26 Å². The number of likely N-dealkylation sites (tertiary alicyclic amines) is 1. The van der Waals surface area contributed by atoms with Crippen molar-refractivity contribution in [3.8, 4) is 17.2 Å². The lowest BCUT2D eigenvalue weighted by Crippen LogP contribution is -2.62. The smallest absolute Gasteiger partial charge is 0.109 e. The number of ether oxygens (including phenoxy) is 1. The van der Waals surface area contributed by atoms with E-state index in [1.807, 2.05) is 41.3 Å². The number of unbranched alkanes of at least 4 members (excludes halogenated alkanes) is 2. The minimum atomic E-state index is -1.21. The SMILES string of the molecule is N#Cc1ccc(-c2ccc(COCCCCCN3C[C@H](O)[C@@H](O)[C@H](O)[C@H]3CO)cc2)cc1. The highest BCUT2D eigenvalue weighted by molar-refractivity contribution is 5.64. The summed E-state index contributed by atoms with van der Waals surface area (Å²) in [4.78, 5) is 1.85. The highest BCUT2D eigenvalue weighted by Crippen LogP contribution is 2.21. The first kappa shape index (κ1) is 24.3. The average molecular weight is 441 g/mol. The Bertz CT molecular complexity index is 865. The summed E-state index contributed by atoms with van der Waals surface area (Å²) >= 11 is 0. The molecule has 0 amide bonds. The maximum absolute atomic E-state index is 10.0. The normalized spacial score (nSPS) is 23.7. The number of β-amino-alcohol motifs (C(OH)–C–C–N with tert-alkyl or cyclic N) is 1. The summed E-state index contributed by atoms with van der Waals surface area (Å²) in [6.45, 7) is 1.83. The molecule has 7 nitrogen and oxygen atoms in total. The van der Waals surface area contributed by atoms with Crippen molar-refractivity contribution in [1.82, 2.24) is 4.90 Å². The van der Waals surface area contributed by atoms with Crippen LogP contribution in [0.2, 0.25) is 0 Å². The Balaban J connectivity index is 1.33. The van der Waals surface area contributed by atoms with Crippen LogP contribution in [-0.4, -0.2) is 76.0 Å². The maximum atomic E-state index is 10.0. The van der Waals surface area contributed by atoms with Gasteiger partial charge in [0, 0.05) is 13.2 Å². The van der Waals surface area contributed by atoms with Gasteiger partial charge in [0.05, 0.1) is 37.0 Å². The molecule has 1 aliphatic heterocycles. The third-order valence-corrected chi connectivity index (χ3v) is 6.02. The second kappa shape index (κ2) is 12.1. The average Bonchev–Trinajstić information content (AvgIpc) is 2.82. The van der Waals surface area contributed by atoms with Crippen molar-refractivity contribution in [3.05, 3.63) is 59.7 Å². The van der Waals surface area contributed by atoms with Gasteiger partial charge in [-0.25, -0.2) is 0 Å². The molecule has 2 aromatic rings. The van der Waals surface area contributed by atoms with Crippen LogP contribution in [0.15, 0.2) is 48.5 Å². The van der Waals surface area contributed by atoms with E-state index in [9.17, 15) is 20.4 Å². The van der Waals surface area contributed by atoms with Gasteiger partial charge in [0.1, 0.15) is 12.2 Å². The van der Waals surface area contributed by atoms with Crippen molar-refractivity contribution in [2.24, 2.45) is 0 Å². The predicted molar refractivity (Wildman–Crippen MR) is 121 cm³/mol. The number of nitrogens with zero attached hydrogens (tertiary/aromatic N) is 2. The Hall–Kier alpha value is -2.31. The van der Waals surface area contributed by atoms with Crippen LogP contribution in [-0.2, 0) is 11.3 Å². The Labute approximate surface area is 189 Å². The first-order valence-electron chi connectivity index (χ1n) is 11.1. The summed E-state index contributed by atoms with van der Waals surface area (Å²) in [5.41, 5.74) is 3.92. The third-order valence-electron chi connectivity index (χ3n) is 6.02. The van der Waals surface area contributed by atoms with Crippen molar-refractivity contribution < 1.29 is 25.2 Å². The van der Waals surface area contributed by atoms with Crippen LogP contribution in [0.4, 0.5) is 0 Å². The molecule has 4 N–H and O–H groups in total. The van der Waals surface area contributed by atoms with Crippen LogP contribution >= 0.6 is 0 Å². The van der Waals surface area contributed by atoms with E-state index in [0.717, 1.165) is 36.0 Å². The summed E-state index contributed by atoms with van der Waals surface area (Å²) in [6.07, 6.45) is -0.672. The van der Waals surface area contributed by atoms with Crippen LogP contribution < -0.4 is 0 Å². The van der Waals surface area contributed by atoms with E-state index in [-0.39, 0.29) is 13.2 Å². The molecule has 0 spiro atoms. The molecule has 32 heavy (non-hydrogen) atoms. The van der Waals surface area contributed by atoms with Gasteiger partial charge >= 0.3 is 0 Å². The van der Waals surface area contributed by atoms with Crippen molar-refractivity contribution in [2.75, 3.05) is 26.3 Å². The minimum Gasteiger partial charge on any atom is -0.395 e. The predicted octanol–water partition coefficient (Wildman–Crippen LogP) is 1.67. The molecule has 4 atom stereocenters. The number of piperidine rings is 1. The molecule has 0 radical (unpaired) electrons. The molecule has 0 unspecified atom stereocenters. The van der Waals surface area contributed by atoms with E-state index in [4.69, 9.17) is 10.00 Å². The number of nitriles is 1. The highest BCUT2D eigenvalue weighted by Gasteiger charge is 2.40. The van der Waals surface area contributed by atoms with E-state index in [1.54, 1.807) is 0 Å². The van der Waals surface area contributed by atoms with Gasteiger partial charge in [0.25, 0.3) is 0 Å². The van der Waals surface area contributed by atoms with Gasteiger partial charge in [0.2, 0.25) is 0 Å². The lowest BCUT2D eigenvalue weighted by Gasteiger charge is -2.43. The van der Waals surface area contributed by atoms with Crippen LogP contribution in [0.5, 0.6) is 0 Å². The van der Waals surface area contributed by atoms with E-state index in [0.29, 0.717) is 25.3 Å². The molecule has 2 aromatic carbocycles. The molecule has 3 rings (SSSR count). The number of hydrogen-bond donors (Lipinski definition) is 4. The lowest BCUT2D eigenvalue weighted by molar-refractivity contribution is -0.145. The Morgan fingerprint density at radius 2 is 1.56 bits per heavy atom. The quantitative estimate of drug-likeness (QED) is 0.415. The van der Waals surface area contributed by atoms with Crippen molar-refractivity contribution in [2.45, 2.75) is 50.2 Å². The van der Waals surface area contributed by atoms with Crippen LogP contribution in [0.1, 0.15) is 30.4 Å². The van der Waals surface area contributed by atoms with Gasteiger partial charge in [-0.1, -0.05) is 36.4 Å². The summed E-state index contributed by atoms with van der Waals surface area (Å²) in [6, 6.07) is 17.3. The fraction of sp³-hybridized carbons (Fsp3) is 0.480. The van der Waals surface area contributed by atoms with Gasteiger partial charge in [-0.15, -0.1) is 0 Å². The van der Waals surface area contributed by atoms with Gasteiger partial charge in [0.15, 0.2) is 0 Å². The molecule has 1 aliphatic rings. The van der Waals surface area contributed by atoms with E-state index in [2.05, 4.69) is 18.2 Å². The molecule has 7 heteroatoms. The van der Waals surface area contributed by atoms with Crippen LogP contribution in [0, 0.1) is 11.3 Å². The zero-order valence-electron chi connectivity index (χ0n) is 18.2. The maximum Gasteiger partial charge on any atom is 0.109 e. The second-order valence-corrected chi connectivity index (χ2v) is 8.29. The zero-order chi connectivity index (χ0) is 22.9. The Morgan fingerprint density at radius 3 is 2.19 bits per heavy atom. The summed E-state index contributed by atoms with van der Waals surface area (Å²) in [7, 11) is 0. The minimum absolute atomic E-state index is 0.248. The summed E-state index contributed by atoms with van der Waals surface area (Å²) < 4.78 is 5.78. The number of benzene rings is 2. The lowest BCUT2D eigenvalue weighted by atomic mass is 9.94. The highest BCUT2D eigenvalue weighted by atomic mass is 16.5. The van der Waals surface area contributed by atoms with Gasteiger partial charge < -0.3 is 25.2 Å². The van der Waals surface area contributed by atoms with Crippen molar-refractivity contribution >= 4 is 0 Å². The molecular weight excluding hydrogens is 408 g/mol. The molecule has 1 fully saturated rings. The topological polar surface area (TPSA) is 117 Å². The molecule has 1 heterocycles. The fourth-order valence-electron chi connectivity index (χ4n) is 4.05. The van der Waals surface area contributed by atoms with E-state index in [1.165, 1.54) is 0 Å². The molecule has 1 saturated heterocycles. The number of aliphatic hydroxyl groups is 4. The molecule has 0 aromatic heterocycles. The van der Waals surface area contributed by atoms with Crippen molar-refractivity contribution in [3.63, 3.8) is 0 Å². The standard InChI is InChI=1S/C25H32N2O5/c26-14-18-4-8-20(9-5-18)21-10-6-19(7-11-21)17-32-13-3-1-2-12-27-15-23(29)25(31)24(30)22(27)16-28/h4-11,22-25,28-31H,1-3,12-13,15-17H2/t22-,23+,24-,25-/m1/s1. The molecule has 0 aliphatic carbocycles. The number of aliphatic hydroxyl groups excluding tert-OH is 4. The van der Waals surface area contributed by atoms with Gasteiger partial charge in [-0.3, -0.25) is 4.90 Å². The summed E-state index contributed by atoms with van der Waals surface area (Å²) in [5, 5.41) is 48.0.